The number of hydrogen-bond donors (Lipinski definition) is 0. The van der Waals surface area contributed by atoms with Gasteiger partial charge in [0.25, 0.3) is 0 Å². The molecule has 0 bridgehead atoms. The van der Waals surface area contributed by atoms with Gasteiger partial charge >= 0.3 is 0 Å². The Balaban J connectivity index is 2.22. The number of hydrogen-bond acceptors (Lipinski definition) is 1. The molecular formula is C9H17OP. The Morgan fingerprint density at radius 3 is 2.45 bits per heavy atom. The average Bonchev–Trinajstić information content (AvgIpc) is 2.61. The molecule has 11 heavy (non-hydrogen) atoms. The van der Waals surface area contributed by atoms with E-state index in [0.29, 0.717) is 5.85 Å². The molecule has 3 atom stereocenters. The van der Waals surface area contributed by atoms with Crippen molar-refractivity contribution in [3.05, 3.63) is 11.8 Å². The highest BCUT2D eigenvalue weighted by Crippen LogP contribution is 2.33. The minimum Gasteiger partial charge on any atom is -0.479 e. The van der Waals surface area contributed by atoms with Gasteiger partial charge in [-0.15, -0.1) is 0 Å². The molecular weight excluding hydrogens is 155 g/mol. The fraction of sp³-hybridized carbons (Fsp3) is 0.778. The van der Waals surface area contributed by atoms with Gasteiger partial charge in [0.15, 0.2) is 5.85 Å². The third kappa shape index (κ3) is 2.83. The van der Waals surface area contributed by atoms with E-state index in [1.165, 1.54) is 0 Å². The van der Waals surface area contributed by atoms with Crippen LogP contribution in [0.5, 0.6) is 0 Å². The topological polar surface area (TPSA) is 12.5 Å². The Kier molecular flexibility index (Phi) is 2.95. The third-order valence-corrected chi connectivity index (χ3v) is 2.78. The molecule has 64 valence electrons. The number of allylic oxidation sites excluding steroid dienone is 1. The second kappa shape index (κ2) is 3.58. The molecule has 1 saturated heterocycles. The maximum atomic E-state index is 5.17. The minimum absolute atomic E-state index is 0.328. The Bertz CT molecular complexity index is 163. The summed E-state index contributed by atoms with van der Waals surface area (Å²) < 4.78 is 5.17. The highest BCUT2D eigenvalue weighted by Gasteiger charge is 2.26. The monoisotopic (exact) mass is 172 g/mol. The van der Waals surface area contributed by atoms with E-state index in [-0.39, 0.29) is 0 Å². The zero-order chi connectivity index (χ0) is 8.43. The first-order valence-electron chi connectivity index (χ1n) is 4.23. The second-order valence-electron chi connectivity index (χ2n) is 3.60. The highest BCUT2D eigenvalue weighted by molar-refractivity contribution is 7.18. The molecule has 1 fully saturated rings. The fourth-order valence-corrected chi connectivity index (χ4v) is 1.14. The number of epoxide rings is 1. The van der Waals surface area contributed by atoms with E-state index in [4.69, 9.17) is 4.74 Å². The molecule has 2 heteroatoms. The van der Waals surface area contributed by atoms with Gasteiger partial charge in [0.2, 0.25) is 0 Å². The van der Waals surface area contributed by atoms with Crippen molar-refractivity contribution in [3.8, 4) is 0 Å². The Hall–Kier alpha value is -0.0300. The molecule has 0 saturated carbocycles. The summed E-state index contributed by atoms with van der Waals surface area (Å²) in [5, 5.41) is 0. The molecule has 0 aliphatic carbocycles. The van der Waals surface area contributed by atoms with E-state index in [1.54, 1.807) is 0 Å². The van der Waals surface area contributed by atoms with E-state index in [0.717, 1.165) is 24.0 Å². The third-order valence-electron chi connectivity index (χ3n) is 2.32. The maximum Gasteiger partial charge on any atom is 0.167 e. The van der Waals surface area contributed by atoms with Crippen LogP contribution >= 0.6 is 9.24 Å². The van der Waals surface area contributed by atoms with Crippen LogP contribution < -0.4 is 0 Å². The Morgan fingerprint density at radius 2 is 2.09 bits per heavy atom. The molecule has 0 spiro atoms. The lowest BCUT2D eigenvalue weighted by Gasteiger charge is -2.11. The van der Waals surface area contributed by atoms with Crippen molar-refractivity contribution in [2.45, 2.75) is 33.0 Å². The van der Waals surface area contributed by atoms with Crippen molar-refractivity contribution in [3.63, 3.8) is 0 Å². The fourth-order valence-electron chi connectivity index (χ4n) is 0.851. The van der Waals surface area contributed by atoms with Gasteiger partial charge in [-0.05, 0) is 24.3 Å². The highest BCUT2D eigenvalue weighted by atomic mass is 31.0. The van der Waals surface area contributed by atoms with E-state index in [1.807, 2.05) is 0 Å². The lowest BCUT2D eigenvalue weighted by atomic mass is 9.95. The molecule has 1 aliphatic rings. The van der Waals surface area contributed by atoms with Crippen LogP contribution in [0.4, 0.5) is 0 Å². The summed E-state index contributed by atoms with van der Waals surface area (Å²) in [4.78, 5) is 0. The Labute approximate surface area is 71.4 Å². The van der Waals surface area contributed by atoms with E-state index < -0.39 is 0 Å². The normalized spacial score (nSPS) is 28.8. The smallest absolute Gasteiger partial charge is 0.167 e. The minimum atomic E-state index is 0.328. The molecule has 0 N–H and O–H groups in total. The number of rotatable bonds is 3. The van der Waals surface area contributed by atoms with Crippen LogP contribution in [-0.2, 0) is 4.74 Å². The first-order valence-corrected chi connectivity index (χ1v) is 4.90. The van der Waals surface area contributed by atoms with E-state index in [9.17, 15) is 0 Å². The molecule has 1 heterocycles. The summed E-state index contributed by atoms with van der Waals surface area (Å²) >= 11 is 0. The SMILES string of the molecule is CC(C)C(C)CC=C1OC1P. The summed E-state index contributed by atoms with van der Waals surface area (Å²) in [7, 11) is 2.65. The summed E-state index contributed by atoms with van der Waals surface area (Å²) in [6, 6.07) is 0. The first kappa shape index (κ1) is 9.06. The standard InChI is InChI=1S/C9H17OP/c1-6(2)7(3)4-5-8-9(11)10-8/h5-7,9H,4,11H2,1-3H3. The number of ether oxygens (including phenoxy) is 1. The molecule has 1 rings (SSSR count). The van der Waals surface area contributed by atoms with E-state index >= 15 is 0 Å². The maximum absolute atomic E-state index is 5.17. The second-order valence-corrected chi connectivity index (χ2v) is 4.21. The average molecular weight is 172 g/mol. The molecule has 0 radical (unpaired) electrons. The van der Waals surface area contributed by atoms with Gasteiger partial charge in [-0.1, -0.05) is 30.0 Å². The van der Waals surface area contributed by atoms with Crippen LogP contribution in [0.3, 0.4) is 0 Å². The van der Waals surface area contributed by atoms with Crippen LogP contribution in [0, 0.1) is 11.8 Å². The van der Waals surface area contributed by atoms with Crippen molar-refractivity contribution in [1.82, 2.24) is 0 Å². The van der Waals surface area contributed by atoms with Crippen molar-refractivity contribution in [2.24, 2.45) is 11.8 Å². The van der Waals surface area contributed by atoms with Crippen LogP contribution in [0.25, 0.3) is 0 Å². The van der Waals surface area contributed by atoms with Gasteiger partial charge in [-0.3, -0.25) is 0 Å². The molecule has 0 aromatic rings. The molecule has 0 aromatic heterocycles. The first-order chi connectivity index (χ1) is 5.11. The Morgan fingerprint density at radius 1 is 1.55 bits per heavy atom. The van der Waals surface area contributed by atoms with E-state index in [2.05, 4.69) is 36.1 Å². The van der Waals surface area contributed by atoms with Gasteiger partial charge in [0, 0.05) is 0 Å². The van der Waals surface area contributed by atoms with Crippen LogP contribution in [0.15, 0.2) is 11.8 Å². The van der Waals surface area contributed by atoms with Gasteiger partial charge in [0.05, 0.1) is 0 Å². The van der Waals surface area contributed by atoms with Crippen molar-refractivity contribution in [1.29, 1.82) is 0 Å². The predicted octanol–water partition coefficient (Wildman–Crippen LogP) is 2.78. The van der Waals surface area contributed by atoms with Crippen LogP contribution in [0.1, 0.15) is 27.2 Å². The largest absolute Gasteiger partial charge is 0.479 e. The summed E-state index contributed by atoms with van der Waals surface area (Å²) in [5.41, 5.74) is 0. The van der Waals surface area contributed by atoms with Crippen molar-refractivity contribution >= 4 is 9.24 Å². The molecule has 1 nitrogen and oxygen atoms in total. The van der Waals surface area contributed by atoms with Crippen LogP contribution in [0.2, 0.25) is 0 Å². The van der Waals surface area contributed by atoms with Crippen LogP contribution in [-0.4, -0.2) is 5.85 Å². The predicted molar refractivity (Wildman–Crippen MR) is 51.3 cm³/mol. The zero-order valence-electron chi connectivity index (χ0n) is 7.50. The summed E-state index contributed by atoms with van der Waals surface area (Å²) in [6.45, 7) is 6.80. The molecule has 3 unspecified atom stereocenters. The lowest BCUT2D eigenvalue weighted by molar-refractivity contribution is 0.420. The van der Waals surface area contributed by atoms with Gasteiger partial charge in [-0.25, -0.2) is 0 Å². The van der Waals surface area contributed by atoms with Crippen molar-refractivity contribution in [2.75, 3.05) is 0 Å². The van der Waals surface area contributed by atoms with Gasteiger partial charge in [-0.2, -0.15) is 0 Å². The molecule has 0 aromatic carbocycles. The van der Waals surface area contributed by atoms with Gasteiger partial charge in [0.1, 0.15) is 5.76 Å². The molecule has 0 amide bonds. The molecule has 1 aliphatic heterocycles. The van der Waals surface area contributed by atoms with Crippen molar-refractivity contribution < 1.29 is 4.74 Å². The quantitative estimate of drug-likeness (QED) is 0.471. The summed E-state index contributed by atoms with van der Waals surface area (Å²) in [6.07, 6.45) is 3.36. The summed E-state index contributed by atoms with van der Waals surface area (Å²) in [5.74, 6) is 3.02. The zero-order valence-corrected chi connectivity index (χ0v) is 8.66. The van der Waals surface area contributed by atoms with Gasteiger partial charge < -0.3 is 4.74 Å². The lowest BCUT2D eigenvalue weighted by Crippen LogP contribution is -2.01.